The number of carbonyl (C=O) groups is 2. The van der Waals surface area contributed by atoms with Crippen molar-refractivity contribution in [3.63, 3.8) is 0 Å². The minimum Gasteiger partial charge on any atom is -0.389 e. The summed E-state index contributed by atoms with van der Waals surface area (Å²) in [6, 6.07) is 16.5. The molecular weight excluding hydrogens is 590 g/mol. The molecule has 0 saturated carbocycles. The van der Waals surface area contributed by atoms with Crippen molar-refractivity contribution in [1.29, 1.82) is 5.26 Å². The maximum atomic E-state index is 13.8. The van der Waals surface area contributed by atoms with Gasteiger partial charge in [0.25, 0.3) is 5.91 Å². The first-order valence-electron chi connectivity index (χ1n) is 16.6. The molecule has 2 fully saturated rings. The smallest absolute Gasteiger partial charge is 0.270 e. The van der Waals surface area contributed by atoms with Crippen molar-refractivity contribution in [2.75, 3.05) is 55.6 Å². The number of fused-ring (bicyclic) bond motifs is 2. The van der Waals surface area contributed by atoms with Crippen molar-refractivity contribution < 1.29 is 14.7 Å². The summed E-state index contributed by atoms with van der Waals surface area (Å²) in [6.45, 7) is 14.5. The Morgan fingerprint density at radius 1 is 1.17 bits per heavy atom. The normalized spacial score (nSPS) is 22.1. The molecule has 2 unspecified atom stereocenters. The summed E-state index contributed by atoms with van der Waals surface area (Å²) in [4.78, 5) is 39.9. The van der Waals surface area contributed by atoms with Crippen molar-refractivity contribution in [1.82, 2.24) is 20.1 Å². The first-order chi connectivity index (χ1) is 22.6. The van der Waals surface area contributed by atoms with Crippen molar-refractivity contribution in [3.8, 4) is 6.07 Å². The first kappa shape index (κ1) is 32.5. The molecule has 3 aromatic rings. The van der Waals surface area contributed by atoms with Crippen LogP contribution in [0.25, 0.3) is 10.8 Å². The van der Waals surface area contributed by atoms with Crippen molar-refractivity contribution in [3.05, 3.63) is 77.6 Å². The van der Waals surface area contributed by atoms with Gasteiger partial charge in [-0.3, -0.25) is 14.5 Å². The average molecular weight is 636 g/mol. The molecule has 2 amide bonds. The zero-order chi connectivity index (χ0) is 33.3. The number of piperazine rings is 1. The standard InChI is InChI=1S/C37H45N7O3/c1-5-34(45)44-19-18-43(22-28(44)12-15-38)33-20-30(36(46)39-26(3)21-41-17-14-37(4,47)24-41)40-31-23-42(16-13-29(31)33)32-11-7-10-27-9-6-8-25(2)35(27)32/h5-11,20,26,28,47H,1,12-14,16-19,21-24H2,2-4H3,(H,39,46)/t26?,28-,37?/m0/s1. The second-order valence-corrected chi connectivity index (χ2v) is 13.6. The third kappa shape index (κ3) is 6.83. The van der Waals surface area contributed by atoms with E-state index in [1.807, 2.05) is 19.9 Å². The molecule has 0 bridgehead atoms. The topological polar surface area (TPSA) is 116 Å². The van der Waals surface area contributed by atoms with Crippen LogP contribution in [0.15, 0.2) is 55.1 Å². The Morgan fingerprint density at radius 2 is 1.96 bits per heavy atom. The van der Waals surface area contributed by atoms with Gasteiger partial charge in [-0.05, 0) is 62.8 Å². The minimum absolute atomic E-state index is 0.138. The van der Waals surface area contributed by atoms with E-state index in [2.05, 4.69) is 76.0 Å². The first-order valence-corrected chi connectivity index (χ1v) is 16.6. The molecule has 3 aliphatic rings. The number of hydrogen-bond acceptors (Lipinski definition) is 8. The Kier molecular flexibility index (Phi) is 9.22. The number of nitrogens with zero attached hydrogens (tertiary/aromatic N) is 6. The highest BCUT2D eigenvalue weighted by atomic mass is 16.3. The Labute approximate surface area is 277 Å². The fourth-order valence-electron chi connectivity index (χ4n) is 7.58. The number of nitrogens with one attached hydrogen (secondary N) is 1. The van der Waals surface area contributed by atoms with E-state index in [0.29, 0.717) is 51.4 Å². The molecule has 0 aliphatic carbocycles. The lowest BCUT2D eigenvalue weighted by Crippen LogP contribution is -2.55. The van der Waals surface area contributed by atoms with E-state index in [1.165, 1.54) is 22.4 Å². The Bertz CT molecular complexity index is 1730. The number of carbonyl (C=O) groups excluding carboxylic acids is 2. The van der Waals surface area contributed by atoms with Gasteiger partial charge in [-0.15, -0.1) is 0 Å². The van der Waals surface area contributed by atoms with Crippen LogP contribution in [0.4, 0.5) is 11.4 Å². The van der Waals surface area contributed by atoms with Gasteiger partial charge in [-0.2, -0.15) is 5.26 Å². The van der Waals surface area contributed by atoms with E-state index in [9.17, 15) is 20.0 Å². The zero-order valence-corrected chi connectivity index (χ0v) is 27.7. The van der Waals surface area contributed by atoms with E-state index in [4.69, 9.17) is 4.98 Å². The number of aryl methyl sites for hydroxylation is 1. The van der Waals surface area contributed by atoms with Crippen LogP contribution < -0.4 is 15.1 Å². The number of benzene rings is 2. The Balaban J connectivity index is 1.32. The van der Waals surface area contributed by atoms with E-state index in [1.54, 1.807) is 4.90 Å². The second kappa shape index (κ2) is 13.3. The number of amides is 2. The van der Waals surface area contributed by atoms with Gasteiger partial charge in [0.2, 0.25) is 5.91 Å². The van der Waals surface area contributed by atoms with Gasteiger partial charge in [-0.25, -0.2) is 4.98 Å². The van der Waals surface area contributed by atoms with Gasteiger partial charge < -0.3 is 25.1 Å². The number of aliphatic hydroxyl groups is 1. The van der Waals surface area contributed by atoms with Crippen LogP contribution in [0.3, 0.4) is 0 Å². The molecule has 1 aromatic heterocycles. The summed E-state index contributed by atoms with van der Waals surface area (Å²) < 4.78 is 0. The van der Waals surface area contributed by atoms with Gasteiger partial charge in [0.05, 0.1) is 36.4 Å². The number of β-amino-alcohol motifs (C(OH)–C–C–N with tert-alkyl or cyclic N) is 1. The quantitative estimate of drug-likeness (QED) is 0.360. The maximum absolute atomic E-state index is 13.8. The molecule has 2 aromatic carbocycles. The lowest BCUT2D eigenvalue weighted by molar-refractivity contribution is -0.128. The molecule has 2 N–H and O–H groups in total. The second-order valence-electron chi connectivity index (χ2n) is 13.6. The number of rotatable bonds is 8. The number of hydrogen-bond donors (Lipinski definition) is 2. The predicted molar refractivity (Wildman–Crippen MR) is 184 cm³/mol. The highest BCUT2D eigenvalue weighted by molar-refractivity contribution is 5.97. The highest BCUT2D eigenvalue weighted by Crippen LogP contribution is 2.36. The summed E-state index contributed by atoms with van der Waals surface area (Å²) in [5.74, 6) is -0.407. The average Bonchev–Trinajstić information content (AvgIpc) is 3.40. The van der Waals surface area contributed by atoms with Crippen LogP contribution in [0.2, 0.25) is 0 Å². The Hall–Kier alpha value is -4.46. The maximum Gasteiger partial charge on any atom is 0.270 e. The van der Waals surface area contributed by atoms with E-state index < -0.39 is 5.60 Å². The van der Waals surface area contributed by atoms with Crippen LogP contribution in [0, 0.1) is 18.3 Å². The molecule has 4 heterocycles. The van der Waals surface area contributed by atoms with Crippen molar-refractivity contribution in [2.45, 2.75) is 64.3 Å². The van der Waals surface area contributed by atoms with Crippen molar-refractivity contribution >= 4 is 34.0 Å². The molecule has 10 heteroatoms. The minimum atomic E-state index is -0.698. The number of likely N-dealkylation sites (tertiary alicyclic amines) is 1. The molecule has 3 aliphatic heterocycles. The SMILES string of the molecule is C=CC(=O)N1CCN(c2cc(C(=O)NC(C)CN3CCC(C)(O)C3)nc3c2CCN(c2cccc4cccc(C)c24)C3)C[C@@H]1CC#N. The molecule has 246 valence electrons. The van der Waals surface area contributed by atoms with Crippen LogP contribution in [0.5, 0.6) is 0 Å². The van der Waals surface area contributed by atoms with Gasteiger partial charge in [-0.1, -0.05) is 36.9 Å². The van der Waals surface area contributed by atoms with Crippen molar-refractivity contribution in [2.24, 2.45) is 0 Å². The summed E-state index contributed by atoms with van der Waals surface area (Å²) >= 11 is 0. The van der Waals surface area contributed by atoms with Crippen LogP contribution in [-0.2, 0) is 17.8 Å². The lowest BCUT2D eigenvalue weighted by atomic mass is 9.97. The van der Waals surface area contributed by atoms with Gasteiger partial charge in [0.1, 0.15) is 5.69 Å². The van der Waals surface area contributed by atoms with Gasteiger partial charge in [0.15, 0.2) is 0 Å². The molecule has 47 heavy (non-hydrogen) atoms. The fraction of sp³-hybridized carbons (Fsp3) is 0.459. The highest BCUT2D eigenvalue weighted by Gasteiger charge is 2.34. The van der Waals surface area contributed by atoms with Crippen LogP contribution in [-0.4, -0.2) is 95.2 Å². The largest absolute Gasteiger partial charge is 0.389 e. The van der Waals surface area contributed by atoms with Gasteiger partial charge in [0, 0.05) is 74.2 Å². The molecular formula is C37H45N7O3. The summed E-state index contributed by atoms with van der Waals surface area (Å²) in [5, 5.41) is 25.6. The molecule has 3 atom stereocenters. The fourth-order valence-corrected chi connectivity index (χ4v) is 7.58. The number of anilines is 2. The van der Waals surface area contributed by atoms with Gasteiger partial charge >= 0.3 is 0 Å². The Morgan fingerprint density at radius 3 is 2.68 bits per heavy atom. The number of aromatic nitrogens is 1. The van der Waals surface area contributed by atoms with E-state index in [0.717, 1.165) is 42.1 Å². The van der Waals surface area contributed by atoms with Crippen LogP contribution in [0.1, 0.15) is 54.0 Å². The number of nitriles is 1. The van der Waals surface area contributed by atoms with E-state index >= 15 is 0 Å². The lowest BCUT2D eigenvalue weighted by Gasteiger charge is -2.43. The summed E-state index contributed by atoms with van der Waals surface area (Å²) in [5.41, 5.74) is 4.97. The van der Waals surface area contributed by atoms with E-state index in [-0.39, 0.29) is 30.3 Å². The summed E-state index contributed by atoms with van der Waals surface area (Å²) in [6.07, 6.45) is 2.99. The molecule has 0 radical (unpaired) electrons. The zero-order valence-electron chi connectivity index (χ0n) is 27.7. The predicted octanol–water partition coefficient (Wildman–Crippen LogP) is 3.80. The monoisotopic (exact) mass is 635 g/mol. The molecule has 0 spiro atoms. The van der Waals surface area contributed by atoms with Crippen LogP contribution >= 0.6 is 0 Å². The third-order valence-corrected chi connectivity index (χ3v) is 9.87. The molecule has 10 nitrogen and oxygen atoms in total. The molecule has 6 rings (SSSR count). The third-order valence-electron chi connectivity index (χ3n) is 9.87. The number of pyridine rings is 1. The summed E-state index contributed by atoms with van der Waals surface area (Å²) in [7, 11) is 0. The molecule has 2 saturated heterocycles.